The fraction of sp³-hybridized carbons (Fsp3) is 0.0435. The van der Waals surface area contributed by atoms with Gasteiger partial charge in [-0.1, -0.05) is 166 Å². The van der Waals surface area contributed by atoms with Gasteiger partial charge in [0.1, 0.15) is 0 Å². The molecule has 1 heterocycles. The molecule has 0 atom stereocenters. The summed E-state index contributed by atoms with van der Waals surface area (Å²) in [7, 11) is 0. The number of thiophene rings is 1. The molecule has 0 unspecified atom stereocenters. The third kappa shape index (κ3) is 8.03. The molecule has 0 saturated carbocycles. The number of anilines is 9. The Morgan fingerprint density at radius 3 is 1.16 bits per heavy atom. The first-order valence-corrected chi connectivity index (χ1v) is 25.9. The van der Waals surface area contributed by atoms with Gasteiger partial charge in [0, 0.05) is 76.8 Å². The minimum Gasteiger partial charge on any atom is -0.311 e. The Labute approximate surface area is 431 Å². The van der Waals surface area contributed by atoms with E-state index in [0.717, 1.165) is 45.5 Å². The number of nitrogens with zero attached hydrogens (tertiary/aromatic N) is 3. The molecule has 1 aromatic heterocycles. The Balaban J connectivity index is 0.773. The summed E-state index contributed by atoms with van der Waals surface area (Å²) in [5.74, 6) is 0. The highest BCUT2D eigenvalue weighted by Crippen LogP contribution is 2.51. The average molecular weight is 954 g/mol. The van der Waals surface area contributed by atoms with Crippen LogP contribution < -0.4 is 14.7 Å². The summed E-state index contributed by atoms with van der Waals surface area (Å²) in [6.45, 7) is 4.71. The molecule has 73 heavy (non-hydrogen) atoms. The van der Waals surface area contributed by atoms with E-state index >= 15 is 0 Å². The third-order valence-electron chi connectivity index (χ3n) is 14.6. The second-order valence-corrected chi connectivity index (χ2v) is 20.5. The van der Waals surface area contributed by atoms with Crippen molar-refractivity contribution < 1.29 is 0 Å². The van der Waals surface area contributed by atoms with Crippen LogP contribution in [0.4, 0.5) is 51.2 Å². The maximum Gasteiger partial charge on any atom is 0.0476 e. The Morgan fingerprint density at radius 2 is 0.630 bits per heavy atom. The zero-order chi connectivity index (χ0) is 48.9. The molecule has 0 saturated heterocycles. The fourth-order valence-electron chi connectivity index (χ4n) is 11.0. The van der Waals surface area contributed by atoms with Crippen molar-refractivity contribution in [3.63, 3.8) is 0 Å². The SMILES string of the molecule is CC1(C)c2ccccc2-c2ccc(N(c3ccccc3)c3ccc4c(c3)sc3ccc(-c5ccc(-c6ccc(N(c7ccccc7)c7ccc(N(c8ccccc8)c8ccccc8)cc7)cc6)cc5)cc34)cc21. The summed E-state index contributed by atoms with van der Waals surface area (Å²) >= 11 is 1.87. The largest absolute Gasteiger partial charge is 0.311 e. The molecule has 4 heteroatoms. The van der Waals surface area contributed by atoms with Gasteiger partial charge in [0.2, 0.25) is 0 Å². The molecule has 12 aromatic rings. The van der Waals surface area contributed by atoms with Crippen LogP contribution in [0, 0.1) is 0 Å². The maximum absolute atomic E-state index is 2.41. The van der Waals surface area contributed by atoms with Gasteiger partial charge in [-0.25, -0.2) is 0 Å². The second kappa shape index (κ2) is 18.3. The van der Waals surface area contributed by atoms with Gasteiger partial charge in [-0.2, -0.15) is 0 Å². The van der Waals surface area contributed by atoms with Gasteiger partial charge in [-0.05, 0) is 166 Å². The molecule has 0 radical (unpaired) electrons. The molecule has 1 aliphatic rings. The molecule has 11 aromatic carbocycles. The van der Waals surface area contributed by atoms with E-state index in [9.17, 15) is 0 Å². The van der Waals surface area contributed by atoms with Crippen LogP contribution in [0.25, 0.3) is 53.6 Å². The summed E-state index contributed by atoms with van der Waals surface area (Å²) in [4.78, 5) is 7.03. The van der Waals surface area contributed by atoms with Gasteiger partial charge in [0.05, 0.1) is 0 Å². The maximum atomic E-state index is 2.41. The van der Waals surface area contributed by atoms with Crippen molar-refractivity contribution in [2.24, 2.45) is 0 Å². The van der Waals surface area contributed by atoms with Crippen molar-refractivity contribution in [3.8, 4) is 33.4 Å². The van der Waals surface area contributed by atoms with Crippen molar-refractivity contribution in [1.29, 1.82) is 0 Å². The van der Waals surface area contributed by atoms with Gasteiger partial charge in [0.25, 0.3) is 0 Å². The standard InChI is InChI=1S/C69H51N3S/c1-69(2)65-26-16-15-25-61(65)62-42-40-59(46-66(62)69)72(55-23-13-6-14-24-55)60-41-43-63-64-45-51(33-44-67(64)73-68(63)47-60)50-29-27-48(28-30-50)49-31-34-56(35-32-49)71(54-21-11-5-12-22-54)58-38-36-57(37-39-58)70(52-17-7-3-8-18-52)53-19-9-4-10-20-53/h3-47H,1-2H3. The van der Waals surface area contributed by atoms with Gasteiger partial charge in [0.15, 0.2) is 0 Å². The first-order valence-electron chi connectivity index (χ1n) is 25.1. The Morgan fingerprint density at radius 1 is 0.260 bits per heavy atom. The van der Waals surface area contributed by atoms with Crippen LogP contribution in [0.15, 0.2) is 273 Å². The van der Waals surface area contributed by atoms with Crippen LogP contribution in [0.5, 0.6) is 0 Å². The summed E-state index contributed by atoms with van der Waals surface area (Å²) < 4.78 is 2.57. The molecule has 0 spiro atoms. The Kier molecular flexibility index (Phi) is 11.1. The lowest BCUT2D eigenvalue weighted by atomic mass is 9.82. The zero-order valence-electron chi connectivity index (χ0n) is 40.7. The fourth-order valence-corrected chi connectivity index (χ4v) is 12.1. The first-order chi connectivity index (χ1) is 35.9. The lowest BCUT2D eigenvalue weighted by Crippen LogP contribution is -2.16. The van der Waals surface area contributed by atoms with Crippen molar-refractivity contribution >= 4 is 82.7 Å². The highest BCUT2D eigenvalue weighted by atomic mass is 32.1. The lowest BCUT2D eigenvalue weighted by molar-refractivity contribution is 0.660. The number of para-hydroxylation sites is 4. The van der Waals surface area contributed by atoms with E-state index in [0.29, 0.717) is 0 Å². The predicted molar refractivity (Wildman–Crippen MR) is 312 cm³/mol. The summed E-state index contributed by atoms with van der Waals surface area (Å²) in [6.07, 6.45) is 0. The zero-order valence-corrected chi connectivity index (χ0v) is 41.5. The van der Waals surface area contributed by atoms with E-state index < -0.39 is 0 Å². The molecular formula is C69H51N3S. The number of benzene rings is 11. The molecule has 1 aliphatic carbocycles. The highest BCUT2D eigenvalue weighted by molar-refractivity contribution is 7.25. The van der Waals surface area contributed by atoms with E-state index in [1.54, 1.807) is 0 Å². The van der Waals surface area contributed by atoms with E-state index in [2.05, 4.69) is 302 Å². The van der Waals surface area contributed by atoms with Crippen LogP contribution in [0.2, 0.25) is 0 Å². The van der Waals surface area contributed by atoms with Crippen LogP contribution in [0.3, 0.4) is 0 Å². The quantitative estimate of drug-likeness (QED) is 0.128. The minimum atomic E-state index is -0.0829. The van der Waals surface area contributed by atoms with Crippen LogP contribution >= 0.6 is 11.3 Å². The van der Waals surface area contributed by atoms with Gasteiger partial charge < -0.3 is 14.7 Å². The van der Waals surface area contributed by atoms with Crippen molar-refractivity contribution in [3.05, 3.63) is 284 Å². The molecule has 0 fully saturated rings. The molecule has 0 N–H and O–H groups in total. The van der Waals surface area contributed by atoms with Crippen molar-refractivity contribution in [1.82, 2.24) is 0 Å². The van der Waals surface area contributed by atoms with Crippen LogP contribution in [0.1, 0.15) is 25.0 Å². The third-order valence-corrected chi connectivity index (χ3v) is 15.8. The summed E-state index contributed by atoms with van der Waals surface area (Å²) in [6, 6.07) is 99.2. The van der Waals surface area contributed by atoms with Gasteiger partial charge >= 0.3 is 0 Å². The summed E-state index contributed by atoms with van der Waals surface area (Å²) in [5.41, 5.74) is 20.2. The number of hydrogen-bond donors (Lipinski definition) is 0. The molecule has 3 nitrogen and oxygen atoms in total. The number of rotatable bonds is 11. The smallest absolute Gasteiger partial charge is 0.0476 e. The minimum absolute atomic E-state index is 0.0829. The number of fused-ring (bicyclic) bond motifs is 6. The second-order valence-electron chi connectivity index (χ2n) is 19.4. The van der Waals surface area contributed by atoms with Crippen molar-refractivity contribution in [2.45, 2.75) is 19.3 Å². The normalized spacial score (nSPS) is 12.4. The van der Waals surface area contributed by atoms with Crippen LogP contribution in [-0.4, -0.2) is 0 Å². The average Bonchev–Trinajstić information content (AvgIpc) is 3.93. The van der Waals surface area contributed by atoms with E-state index in [1.807, 2.05) is 11.3 Å². The lowest BCUT2D eigenvalue weighted by Gasteiger charge is -2.28. The molecule has 13 rings (SSSR count). The van der Waals surface area contributed by atoms with E-state index in [4.69, 9.17) is 0 Å². The van der Waals surface area contributed by atoms with Crippen LogP contribution in [-0.2, 0) is 5.41 Å². The Hall–Kier alpha value is -8.96. The molecular weight excluding hydrogens is 903 g/mol. The monoisotopic (exact) mass is 953 g/mol. The van der Waals surface area contributed by atoms with Gasteiger partial charge in [-0.3, -0.25) is 0 Å². The first kappa shape index (κ1) is 44.0. The summed E-state index contributed by atoms with van der Waals surface area (Å²) in [5, 5.41) is 2.57. The van der Waals surface area contributed by atoms with E-state index in [1.165, 1.54) is 70.4 Å². The molecule has 348 valence electrons. The molecule has 0 bridgehead atoms. The topological polar surface area (TPSA) is 9.72 Å². The van der Waals surface area contributed by atoms with Crippen molar-refractivity contribution in [2.75, 3.05) is 14.7 Å². The van der Waals surface area contributed by atoms with Gasteiger partial charge in [-0.15, -0.1) is 11.3 Å². The Bertz CT molecular complexity index is 3870. The highest BCUT2D eigenvalue weighted by Gasteiger charge is 2.35. The molecule has 0 aliphatic heterocycles. The molecule has 0 amide bonds. The van der Waals surface area contributed by atoms with E-state index in [-0.39, 0.29) is 5.41 Å². The predicted octanol–water partition coefficient (Wildman–Crippen LogP) is 20.1. The number of hydrogen-bond acceptors (Lipinski definition) is 4.